The van der Waals surface area contributed by atoms with Crippen molar-refractivity contribution in [1.29, 1.82) is 0 Å². The molecule has 1 fully saturated rings. The topological polar surface area (TPSA) is 94.5 Å². The number of Topliss-reactive ketones (excluding diaryl/α,β-unsaturated/α-hetero) is 1. The molecule has 0 bridgehead atoms. The molecule has 38 heavy (non-hydrogen) atoms. The third kappa shape index (κ3) is 4.95. The predicted octanol–water partition coefficient (Wildman–Crippen LogP) is 5.24. The summed E-state index contributed by atoms with van der Waals surface area (Å²) in [6, 6.07) is 14.5. The van der Waals surface area contributed by atoms with Gasteiger partial charge >= 0.3 is 6.36 Å². The van der Waals surface area contributed by atoms with Gasteiger partial charge in [0.2, 0.25) is 0 Å². The molecule has 3 aromatic carbocycles. The lowest BCUT2D eigenvalue weighted by atomic mass is 9.94. The van der Waals surface area contributed by atoms with Crippen LogP contribution in [-0.4, -0.2) is 44.5 Å². The lowest BCUT2D eigenvalue weighted by molar-refractivity contribution is -0.274. The third-order valence-corrected chi connectivity index (χ3v) is 5.89. The van der Waals surface area contributed by atoms with E-state index in [4.69, 9.17) is 14.2 Å². The summed E-state index contributed by atoms with van der Waals surface area (Å²) in [5, 5.41) is 11.5. The van der Waals surface area contributed by atoms with Gasteiger partial charge in [0.25, 0.3) is 11.7 Å². The van der Waals surface area contributed by atoms with E-state index in [1.54, 1.807) is 42.5 Å². The van der Waals surface area contributed by atoms with E-state index >= 15 is 0 Å². The zero-order chi connectivity index (χ0) is 27.6. The van der Waals surface area contributed by atoms with Gasteiger partial charge in [0.1, 0.15) is 34.3 Å². The van der Waals surface area contributed by atoms with Crippen LogP contribution >= 0.6 is 0 Å². The first-order chi connectivity index (χ1) is 18.1. The van der Waals surface area contributed by atoms with Crippen LogP contribution in [0.3, 0.4) is 0 Å². The molecule has 1 amide bonds. The molecular weight excluding hydrogens is 507 g/mol. The number of nitrogens with zero attached hydrogens (tertiary/aromatic N) is 1. The predicted molar refractivity (Wildman–Crippen MR) is 130 cm³/mol. The van der Waals surface area contributed by atoms with Crippen LogP contribution in [0.2, 0.25) is 0 Å². The number of hydrogen-bond acceptors (Lipinski definition) is 7. The van der Waals surface area contributed by atoms with Crippen molar-refractivity contribution in [3.05, 3.63) is 83.4 Å². The van der Waals surface area contributed by atoms with E-state index in [1.807, 2.05) is 0 Å². The fourth-order valence-electron chi connectivity index (χ4n) is 4.23. The van der Waals surface area contributed by atoms with Gasteiger partial charge in [-0.2, -0.15) is 0 Å². The van der Waals surface area contributed by atoms with Crippen LogP contribution in [0.15, 0.2) is 72.3 Å². The largest absolute Gasteiger partial charge is 0.573 e. The number of rotatable bonds is 7. The summed E-state index contributed by atoms with van der Waals surface area (Å²) in [5.41, 5.74) is 0.325. The summed E-state index contributed by atoms with van der Waals surface area (Å²) < 4.78 is 57.7. The Morgan fingerprint density at radius 3 is 1.87 bits per heavy atom. The molecule has 1 N–H and O–H groups in total. The van der Waals surface area contributed by atoms with Gasteiger partial charge in [0.05, 0.1) is 32.9 Å². The lowest BCUT2D eigenvalue weighted by Crippen LogP contribution is -2.29. The number of carbonyl (C=O) groups is 2. The highest BCUT2D eigenvalue weighted by atomic mass is 19.4. The molecular formula is C27H22F3NO7. The van der Waals surface area contributed by atoms with Crippen LogP contribution in [0, 0.1) is 0 Å². The van der Waals surface area contributed by atoms with Gasteiger partial charge in [-0.1, -0.05) is 18.2 Å². The van der Waals surface area contributed by atoms with Crippen molar-refractivity contribution in [2.24, 2.45) is 0 Å². The highest BCUT2D eigenvalue weighted by molar-refractivity contribution is 6.51. The first-order valence-corrected chi connectivity index (χ1v) is 11.1. The maximum Gasteiger partial charge on any atom is 0.573 e. The zero-order valence-electron chi connectivity index (χ0n) is 20.4. The molecule has 0 spiro atoms. The van der Waals surface area contributed by atoms with Crippen molar-refractivity contribution in [3.8, 4) is 23.0 Å². The Bertz CT molecular complexity index is 1360. The number of anilines is 1. The molecule has 1 atom stereocenters. The Morgan fingerprint density at radius 1 is 0.816 bits per heavy atom. The Morgan fingerprint density at radius 2 is 1.37 bits per heavy atom. The van der Waals surface area contributed by atoms with Gasteiger partial charge in [-0.25, -0.2) is 0 Å². The normalized spacial score (nSPS) is 16.9. The minimum absolute atomic E-state index is 0.0583. The maximum absolute atomic E-state index is 13.4. The van der Waals surface area contributed by atoms with Crippen molar-refractivity contribution in [1.82, 2.24) is 0 Å². The average Bonchev–Trinajstić information content (AvgIpc) is 3.17. The average molecular weight is 529 g/mol. The van der Waals surface area contributed by atoms with Crippen LogP contribution in [0.5, 0.6) is 23.0 Å². The summed E-state index contributed by atoms with van der Waals surface area (Å²) in [6.07, 6.45) is -4.90. The van der Waals surface area contributed by atoms with E-state index in [-0.39, 0.29) is 28.3 Å². The Hall–Kier alpha value is -4.67. The second-order valence-electron chi connectivity index (χ2n) is 8.02. The zero-order valence-corrected chi connectivity index (χ0v) is 20.4. The van der Waals surface area contributed by atoms with E-state index in [0.29, 0.717) is 11.3 Å². The molecule has 0 aliphatic carbocycles. The molecule has 1 aliphatic rings. The minimum Gasteiger partial charge on any atom is -0.506 e. The van der Waals surface area contributed by atoms with E-state index in [2.05, 4.69) is 4.74 Å². The van der Waals surface area contributed by atoms with Gasteiger partial charge in [-0.3, -0.25) is 14.5 Å². The Labute approximate surface area is 215 Å². The maximum atomic E-state index is 13.4. The fraction of sp³-hybridized carbons (Fsp3) is 0.185. The summed E-state index contributed by atoms with van der Waals surface area (Å²) in [7, 11) is 4.21. The summed E-state index contributed by atoms with van der Waals surface area (Å²) in [4.78, 5) is 27.8. The van der Waals surface area contributed by atoms with Crippen molar-refractivity contribution in [3.63, 3.8) is 0 Å². The smallest absolute Gasteiger partial charge is 0.506 e. The summed E-state index contributed by atoms with van der Waals surface area (Å²) in [6.45, 7) is 0. The minimum atomic E-state index is -4.90. The van der Waals surface area contributed by atoms with Gasteiger partial charge < -0.3 is 24.1 Å². The number of aliphatic hydroxyl groups excluding tert-OH is 1. The van der Waals surface area contributed by atoms with Crippen molar-refractivity contribution in [2.45, 2.75) is 12.4 Å². The number of halogens is 3. The van der Waals surface area contributed by atoms with E-state index in [1.165, 1.54) is 33.5 Å². The quantitative estimate of drug-likeness (QED) is 0.254. The van der Waals surface area contributed by atoms with E-state index < -0.39 is 35.6 Å². The van der Waals surface area contributed by atoms with E-state index in [0.717, 1.165) is 17.0 Å². The summed E-state index contributed by atoms with van der Waals surface area (Å²) in [5.74, 6) is -2.16. The molecule has 198 valence electrons. The number of hydrogen-bond donors (Lipinski definition) is 1. The van der Waals surface area contributed by atoms with E-state index in [9.17, 15) is 27.9 Å². The second-order valence-corrected chi connectivity index (χ2v) is 8.02. The number of amides is 1. The van der Waals surface area contributed by atoms with Gasteiger partial charge in [0.15, 0.2) is 0 Å². The third-order valence-electron chi connectivity index (χ3n) is 5.89. The molecule has 1 saturated heterocycles. The molecule has 4 rings (SSSR count). The Kier molecular flexibility index (Phi) is 7.20. The number of carbonyl (C=O) groups excluding carboxylic acids is 2. The SMILES string of the molecule is COc1ccc(C2/C(=C(\O)c3c(OC)cccc3OC)C(=O)C(=O)N2c2ccc(OC(F)(F)F)cc2)cc1. The lowest BCUT2D eigenvalue weighted by Gasteiger charge is -2.26. The van der Waals surface area contributed by atoms with Crippen LogP contribution in [0.25, 0.3) is 5.76 Å². The highest BCUT2D eigenvalue weighted by Crippen LogP contribution is 2.45. The molecule has 3 aromatic rings. The second kappa shape index (κ2) is 10.4. The first kappa shape index (κ1) is 26.4. The van der Waals surface area contributed by atoms with Crippen molar-refractivity contribution < 1.29 is 46.8 Å². The van der Waals surface area contributed by atoms with Crippen molar-refractivity contribution >= 4 is 23.1 Å². The molecule has 0 aromatic heterocycles. The molecule has 1 heterocycles. The Balaban J connectivity index is 1.92. The van der Waals surface area contributed by atoms with Gasteiger partial charge in [-0.15, -0.1) is 13.2 Å². The molecule has 0 saturated carbocycles. The molecule has 0 radical (unpaired) electrons. The number of alkyl halides is 3. The molecule has 1 unspecified atom stereocenters. The van der Waals surface area contributed by atoms with Crippen LogP contribution in [0.1, 0.15) is 17.2 Å². The fourth-order valence-corrected chi connectivity index (χ4v) is 4.23. The van der Waals surface area contributed by atoms with Crippen LogP contribution in [0.4, 0.5) is 18.9 Å². The molecule has 1 aliphatic heterocycles. The first-order valence-electron chi connectivity index (χ1n) is 11.1. The summed E-state index contributed by atoms with van der Waals surface area (Å²) >= 11 is 0. The van der Waals surface area contributed by atoms with Crippen LogP contribution < -0.4 is 23.8 Å². The standard InChI is InChI=1S/C27H22F3NO7/c1-35-17-11-7-15(8-12-17)23-22(24(32)21-19(36-2)5-4-6-20(21)37-3)25(33)26(34)31(23)16-9-13-18(14-10-16)38-27(28,29)30/h4-14,23,32H,1-3H3/b24-22+. The van der Waals surface area contributed by atoms with Crippen molar-refractivity contribution in [2.75, 3.05) is 26.2 Å². The monoisotopic (exact) mass is 529 g/mol. The number of ketones is 1. The highest BCUT2D eigenvalue weighted by Gasteiger charge is 2.47. The van der Waals surface area contributed by atoms with Crippen LogP contribution in [-0.2, 0) is 9.59 Å². The van der Waals surface area contributed by atoms with Gasteiger partial charge in [-0.05, 0) is 54.1 Å². The number of benzene rings is 3. The molecule has 11 heteroatoms. The number of methoxy groups -OCH3 is 3. The van der Waals surface area contributed by atoms with Gasteiger partial charge in [0, 0.05) is 5.69 Å². The molecule has 8 nitrogen and oxygen atoms in total. The number of aliphatic hydroxyl groups is 1. The number of ether oxygens (including phenoxy) is 4.